The van der Waals surface area contributed by atoms with Crippen LogP contribution in [0, 0.1) is 11.8 Å². The van der Waals surface area contributed by atoms with Gasteiger partial charge >= 0.3 is 0 Å². The Bertz CT molecular complexity index is 529. The van der Waals surface area contributed by atoms with E-state index in [4.69, 9.17) is 0 Å². The number of hydrogen-bond acceptors (Lipinski definition) is 1. The number of aryl methyl sites for hydroxylation is 1. The largest absolute Gasteiger partial charge is 0.374 e. The van der Waals surface area contributed by atoms with Crippen LogP contribution in [0.25, 0.3) is 0 Å². The topological polar surface area (TPSA) is 12.0 Å². The van der Waals surface area contributed by atoms with Gasteiger partial charge in [0.25, 0.3) is 0 Å². The summed E-state index contributed by atoms with van der Waals surface area (Å²) < 4.78 is 0. The highest BCUT2D eigenvalue weighted by atomic mass is 14.8. The molecule has 1 nitrogen and oxygen atoms in total. The second-order valence-electron chi connectivity index (χ2n) is 4.07. The zero-order valence-corrected chi connectivity index (χ0v) is 10.6. The molecule has 0 atom stereocenters. The van der Waals surface area contributed by atoms with Crippen molar-refractivity contribution in [2.75, 3.05) is 11.9 Å². The molecule has 0 aliphatic heterocycles. The first-order chi connectivity index (χ1) is 8.88. The van der Waals surface area contributed by atoms with Crippen LogP contribution in [0.15, 0.2) is 54.6 Å². The van der Waals surface area contributed by atoms with E-state index < -0.39 is 0 Å². The zero-order chi connectivity index (χ0) is 12.6. The van der Waals surface area contributed by atoms with Crippen LogP contribution in [0.5, 0.6) is 0 Å². The van der Waals surface area contributed by atoms with Crippen LogP contribution >= 0.6 is 0 Å². The lowest BCUT2D eigenvalue weighted by Gasteiger charge is -2.00. The van der Waals surface area contributed by atoms with Gasteiger partial charge in [-0.1, -0.05) is 49.1 Å². The van der Waals surface area contributed by atoms with Crippen molar-refractivity contribution in [1.82, 2.24) is 0 Å². The van der Waals surface area contributed by atoms with Crippen molar-refractivity contribution < 1.29 is 0 Å². The fourth-order valence-corrected chi connectivity index (χ4v) is 1.67. The SMILES string of the molecule is CCc1ccc(C#CCNc2ccccc2)cc1. The highest BCUT2D eigenvalue weighted by Gasteiger charge is 1.89. The minimum atomic E-state index is 0.666. The van der Waals surface area contributed by atoms with Gasteiger partial charge in [0, 0.05) is 11.3 Å². The minimum absolute atomic E-state index is 0.666. The van der Waals surface area contributed by atoms with E-state index in [2.05, 4.69) is 48.3 Å². The lowest BCUT2D eigenvalue weighted by molar-refractivity contribution is 1.14. The zero-order valence-electron chi connectivity index (χ0n) is 10.6. The summed E-state index contributed by atoms with van der Waals surface area (Å²) in [5.41, 5.74) is 3.53. The van der Waals surface area contributed by atoms with Crippen LogP contribution in [0.3, 0.4) is 0 Å². The monoisotopic (exact) mass is 235 g/mol. The Morgan fingerprint density at radius 2 is 1.67 bits per heavy atom. The van der Waals surface area contributed by atoms with Crippen LogP contribution in [-0.4, -0.2) is 6.54 Å². The van der Waals surface area contributed by atoms with Gasteiger partial charge in [0.2, 0.25) is 0 Å². The maximum atomic E-state index is 3.26. The van der Waals surface area contributed by atoms with Crippen LogP contribution in [0.2, 0.25) is 0 Å². The second kappa shape index (κ2) is 6.51. The molecule has 0 radical (unpaired) electrons. The van der Waals surface area contributed by atoms with Gasteiger partial charge in [0.05, 0.1) is 6.54 Å². The summed E-state index contributed by atoms with van der Waals surface area (Å²) in [7, 11) is 0. The number of benzene rings is 2. The Morgan fingerprint density at radius 1 is 0.944 bits per heavy atom. The molecule has 0 aliphatic rings. The molecule has 2 aromatic rings. The molecule has 0 fully saturated rings. The predicted octanol–water partition coefficient (Wildman–Crippen LogP) is 3.71. The summed E-state index contributed by atoms with van der Waals surface area (Å²) in [5.74, 6) is 6.28. The van der Waals surface area contributed by atoms with E-state index in [0.29, 0.717) is 6.54 Å². The Balaban J connectivity index is 1.88. The predicted molar refractivity (Wildman–Crippen MR) is 77.6 cm³/mol. The molecule has 0 heterocycles. The quantitative estimate of drug-likeness (QED) is 0.800. The molecular formula is C17H17N. The van der Waals surface area contributed by atoms with Gasteiger partial charge in [-0.25, -0.2) is 0 Å². The number of hydrogen-bond donors (Lipinski definition) is 1. The van der Waals surface area contributed by atoms with Gasteiger partial charge in [-0.05, 0) is 36.2 Å². The lowest BCUT2D eigenvalue weighted by atomic mass is 10.1. The fourth-order valence-electron chi connectivity index (χ4n) is 1.67. The van der Waals surface area contributed by atoms with Crippen LogP contribution in [-0.2, 0) is 6.42 Å². The molecule has 2 aromatic carbocycles. The van der Waals surface area contributed by atoms with Crippen LogP contribution in [0.1, 0.15) is 18.1 Å². The normalized spacial score (nSPS) is 9.39. The maximum absolute atomic E-state index is 3.26. The average Bonchev–Trinajstić information content (AvgIpc) is 2.45. The highest BCUT2D eigenvalue weighted by Crippen LogP contribution is 2.04. The van der Waals surface area contributed by atoms with E-state index in [1.54, 1.807) is 0 Å². The van der Waals surface area contributed by atoms with E-state index in [1.165, 1.54) is 5.56 Å². The third kappa shape index (κ3) is 3.68. The van der Waals surface area contributed by atoms with E-state index in [0.717, 1.165) is 17.7 Å². The molecule has 0 bridgehead atoms. The Hall–Kier alpha value is -2.20. The van der Waals surface area contributed by atoms with E-state index >= 15 is 0 Å². The summed E-state index contributed by atoms with van der Waals surface area (Å²) in [6, 6.07) is 18.5. The summed E-state index contributed by atoms with van der Waals surface area (Å²) >= 11 is 0. The first kappa shape index (κ1) is 12.3. The Kier molecular flexibility index (Phi) is 4.44. The Morgan fingerprint density at radius 3 is 2.33 bits per heavy atom. The molecule has 1 N–H and O–H groups in total. The van der Waals surface area contributed by atoms with Gasteiger partial charge in [-0.15, -0.1) is 0 Å². The van der Waals surface area contributed by atoms with Crippen LogP contribution in [0.4, 0.5) is 5.69 Å². The van der Waals surface area contributed by atoms with Gasteiger partial charge in [0.15, 0.2) is 0 Å². The van der Waals surface area contributed by atoms with Crippen LogP contribution < -0.4 is 5.32 Å². The first-order valence-corrected chi connectivity index (χ1v) is 6.25. The van der Waals surface area contributed by atoms with E-state index in [1.807, 2.05) is 30.3 Å². The Labute approximate surface area is 109 Å². The summed E-state index contributed by atoms with van der Waals surface area (Å²) in [6.07, 6.45) is 1.07. The molecule has 90 valence electrons. The number of nitrogens with one attached hydrogen (secondary N) is 1. The highest BCUT2D eigenvalue weighted by molar-refractivity contribution is 5.44. The fraction of sp³-hybridized carbons (Fsp3) is 0.176. The first-order valence-electron chi connectivity index (χ1n) is 6.25. The molecule has 18 heavy (non-hydrogen) atoms. The molecule has 0 aliphatic carbocycles. The van der Waals surface area contributed by atoms with Crippen molar-refractivity contribution in [2.24, 2.45) is 0 Å². The molecule has 0 spiro atoms. The minimum Gasteiger partial charge on any atom is -0.374 e. The van der Waals surface area contributed by atoms with Crippen molar-refractivity contribution in [3.63, 3.8) is 0 Å². The molecule has 0 unspecified atom stereocenters. The van der Waals surface area contributed by atoms with E-state index in [9.17, 15) is 0 Å². The van der Waals surface area contributed by atoms with Crippen molar-refractivity contribution in [1.29, 1.82) is 0 Å². The van der Waals surface area contributed by atoms with Crippen molar-refractivity contribution in [2.45, 2.75) is 13.3 Å². The number of anilines is 1. The molecule has 1 heteroatoms. The summed E-state index contributed by atoms with van der Waals surface area (Å²) in [5, 5.41) is 3.26. The smallest absolute Gasteiger partial charge is 0.0769 e. The standard InChI is InChI=1S/C17H17N/c1-2-15-10-12-16(13-11-15)7-6-14-18-17-8-4-3-5-9-17/h3-5,8-13,18H,2,14H2,1H3. The molecule has 0 saturated heterocycles. The van der Waals surface area contributed by atoms with Crippen molar-refractivity contribution >= 4 is 5.69 Å². The molecule has 0 aromatic heterocycles. The lowest BCUT2D eigenvalue weighted by Crippen LogP contribution is -1.97. The third-order valence-corrected chi connectivity index (χ3v) is 2.75. The van der Waals surface area contributed by atoms with Gasteiger partial charge in [0.1, 0.15) is 0 Å². The van der Waals surface area contributed by atoms with E-state index in [-0.39, 0.29) is 0 Å². The molecule has 2 rings (SSSR count). The summed E-state index contributed by atoms with van der Waals surface area (Å²) in [4.78, 5) is 0. The second-order valence-corrected chi connectivity index (χ2v) is 4.07. The molecule has 0 amide bonds. The average molecular weight is 235 g/mol. The van der Waals surface area contributed by atoms with Gasteiger partial charge in [-0.2, -0.15) is 0 Å². The third-order valence-electron chi connectivity index (χ3n) is 2.75. The molecular weight excluding hydrogens is 218 g/mol. The summed E-state index contributed by atoms with van der Waals surface area (Å²) in [6.45, 7) is 2.82. The van der Waals surface area contributed by atoms with Gasteiger partial charge < -0.3 is 5.32 Å². The molecule has 0 saturated carbocycles. The van der Waals surface area contributed by atoms with Crippen molar-refractivity contribution in [3.05, 3.63) is 65.7 Å². The van der Waals surface area contributed by atoms with Gasteiger partial charge in [-0.3, -0.25) is 0 Å². The van der Waals surface area contributed by atoms with Crippen molar-refractivity contribution in [3.8, 4) is 11.8 Å². The number of rotatable bonds is 3. The number of para-hydroxylation sites is 1. The maximum Gasteiger partial charge on any atom is 0.0769 e.